The van der Waals surface area contributed by atoms with Crippen LogP contribution < -0.4 is 5.48 Å². The smallest absolute Gasteiger partial charge is 0.0710 e. The van der Waals surface area contributed by atoms with E-state index in [0.29, 0.717) is 13.2 Å². The van der Waals surface area contributed by atoms with Gasteiger partial charge in [-0.3, -0.25) is 0 Å². The third-order valence-corrected chi connectivity index (χ3v) is 0.974. The van der Waals surface area contributed by atoms with Gasteiger partial charge in [0.05, 0.1) is 12.7 Å². The van der Waals surface area contributed by atoms with Crippen molar-refractivity contribution in [3.05, 3.63) is 0 Å². The molecule has 3 heteroatoms. The van der Waals surface area contributed by atoms with Crippen LogP contribution >= 0.6 is 0 Å². The van der Waals surface area contributed by atoms with Gasteiger partial charge in [0, 0.05) is 6.54 Å². The first-order valence-electron chi connectivity index (χ1n) is 2.42. The maximum absolute atomic E-state index is 8.77. The molecular formula is C4H9NO2. The van der Waals surface area contributed by atoms with Crippen molar-refractivity contribution in [1.29, 1.82) is 0 Å². The lowest BCUT2D eigenvalue weighted by Gasteiger charge is -2.16. The summed E-state index contributed by atoms with van der Waals surface area (Å²) in [5.41, 5.74) is 2.58. The molecule has 1 aliphatic heterocycles. The molecular weight excluding hydrogens is 94.0 g/mol. The Balaban J connectivity index is 2.12. The van der Waals surface area contributed by atoms with Crippen LogP contribution in [0.4, 0.5) is 0 Å². The molecule has 0 aromatic rings. The van der Waals surface area contributed by atoms with Crippen LogP contribution in [0.3, 0.4) is 0 Å². The number of β-amino-alcohol motifs (C(OH)–C–C–N with tert-alkyl or cyclic N) is 1. The van der Waals surface area contributed by atoms with Crippen LogP contribution in [0.1, 0.15) is 6.42 Å². The topological polar surface area (TPSA) is 41.5 Å². The van der Waals surface area contributed by atoms with Gasteiger partial charge < -0.3 is 9.94 Å². The van der Waals surface area contributed by atoms with Gasteiger partial charge in [0.15, 0.2) is 0 Å². The van der Waals surface area contributed by atoms with Crippen LogP contribution in [-0.2, 0) is 4.84 Å². The highest BCUT2D eigenvalue weighted by atomic mass is 16.6. The molecule has 0 aliphatic carbocycles. The average molecular weight is 103 g/mol. The van der Waals surface area contributed by atoms with Crippen LogP contribution in [-0.4, -0.2) is 24.4 Å². The van der Waals surface area contributed by atoms with Gasteiger partial charge in [-0.2, -0.15) is 5.48 Å². The molecule has 1 saturated heterocycles. The molecule has 0 aromatic carbocycles. The van der Waals surface area contributed by atoms with E-state index in [9.17, 15) is 0 Å². The van der Waals surface area contributed by atoms with Gasteiger partial charge in [-0.15, -0.1) is 0 Å². The fraction of sp³-hybridized carbons (Fsp3) is 1.00. The molecule has 0 saturated carbocycles. The number of hydroxylamine groups is 1. The van der Waals surface area contributed by atoms with Crippen LogP contribution in [0.15, 0.2) is 0 Å². The molecule has 0 spiro atoms. The van der Waals surface area contributed by atoms with Crippen molar-refractivity contribution in [2.45, 2.75) is 12.5 Å². The summed E-state index contributed by atoms with van der Waals surface area (Å²) in [6, 6.07) is 0. The summed E-state index contributed by atoms with van der Waals surface area (Å²) in [5, 5.41) is 8.77. The van der Waals surface area contributed by atoms with Gasteiger partial charge in [-0.25, -0.2) is 0 Å². The first-order valence-corrected chi connectivity index (χ1v) is 2.42. The monoisotopic (exact) mass is 103 g/mol. The fourth-order valence-corrected chi connectivity index (χ4v) is 0.524. The fourth-order valence-electron chi connectivity index (χ4n) is 0.524. The van der Waals surface area contributed by atoms with Gasteiger partial charge in [0.1, 0.15) is 0 Å². The number of hydrogen-bond acceptors (Lipinski definition) is 3. The Morgan fingerprint density at radius 3 is 2.86 bits per heavy atom. The second kappa shape index (κ2) is 2.26. The first-order chi connectivity index (χ1) is 3.39. The number of hydrogen-bond donors (Lipinski definition) is 2. The molecule has 1 heterocycles. The SMILES string of the molecule is OC1CCONC1. The molecule has 1 atom stereocenters. The minimum absolute atomic E-state index is 0.200. The van der Waals surface area contributed by atoms with E-state index in [1.807, 2.05) is 0 Å². The van der Waals surface area contributed by atoms with Gasteiger partial charge in [0.2, 0.25) is 0 Å². The predicted molar refractivity (Wildman–Crippen MR) is 24.6 cm³/mol. The quantitative estimate of drug-likeness (QED) is 0.425. The summed E-state index contributed by atoms with van der Waals surface area (Å²) in [7, 11) is 0. The standard InChI is InChI=1S/C4H9NO2/c6-4-1-2-7-5-3-4/h4-6H,1-3H2. The van der Waals surface area contributed by atoms with Gasteiger partial charge in [-0.1, -0.05) is 0 Å². The summed E-state index contributed by atoms with van der Waals surface area (Å²) in [6.45, 7) is 1.20. The lowest BCUT2D eigenvalue weighted by atomic mass is 10.2. The highest BCUT2D eigenvalue weighted by molar-refractivity contribution is 4.57. The van der Waals surface area contributed by atoms with E-state index >= 15 is 0 Å². The molecule has 1 rings (SSSR count). The molecule has 42 valence electrons. The molecule has 1 aliphatic rings. The van der Waals surface area contributed by atoms with Crippen molar-refractivity contribution < 1.29 is 9.94 Å². The Morgan fingerprint density at radius 2 is 2.57 bits per heavy atom. The van der Waals surface area contributed by atoms with Crippen LogP contribution in [0.2, 0.25) is 0 Å². The van der Waals surface area contributed by atoms with Crippen LogP contribution in [0.5, 0.6) is 0 Å². The van der Waals surface area contributed by atoms with Gasteiger partial charge in [0.25, 0.3) is 0 Å². The second-order valence-corrected chi connectivity index (χ2v) is 1.64. The Bertz CT molecular complexity index is 51.7. The van der Waals surface area contributed by atoms with E-state index in [1.165, 1.54) is 0 Å². The second-order valence-electron chi connectivity index (χ2n) is 1.64. The van der Waals surface area contributed by atoms with Gasteiger partial charge >= 0.3 is 0 Å². The molecule has 0 radical (unpaired) electrons. The van der Waals surface area contributed by atoms with Crippen molar-refractivity contribution in [2.24, 2.45) is 0 Å². The molecule has 1 unspecified atom stereocenters. The normalized spacial score (nSPS) is 33.0. The average Bonchev–Trinajstić information content (AvgIpc) is 1.69. The number of rotatable bonds is 0. The Labute approximate surface area is 42.2 Å². The zero-order chi connectivity index (χ0) is 5.11. The summed E-state index contributed by atoms with van der Waals surface area (Å²) >= 11 is 0. The van der Waals surface area contributed by atoms with E-state index in [0.717, 1.165) is 6.42 Å². The zero-order valence-corrected chi connectivity index (χ0v) is 4.05. The number of aliphatic hydroxyl groups excluding tert-OH is 1. The highest BCUT2D eigenvalue weighted by Crippen LogP contribution is 1.94. The summed E-state index contributed by atoms with van der Waals surface area (Å²) < 4.78 is 0. The lowest BCUT2D eigenvalue weighted by Crippen LogP contribution is -2.34. The maximum Gasteiger partial charge on any atom is 0.0710 e. The summed E-state index contributed by atoms with van der Waals surface area (Å²) in [4.78, 5) is 4.73. The van der Waals surface area contributed by atoms with Crippen molar-refractivity contribution in [3.8, 4) is 0 Å². The van der Waals surface area contributed by atoms with Crippen LogP contribution in [0, 0.1) is 0 Å². The molecule has 3 nitrogen and oxygen atoms in total. The molecule has 1 fully saturated rings. The van der Waals surface area contributed by atoms with Crippen molar-refractivity contribution >= 4 is 0 Å². The van der Waals surface area contributed by atoms with E-state index in [4.69, 9.17) is 9.94 Å². The minimum Gasteiger partial charge on any atom is -0.392 e. The third kappa shape index (κ3) is 1.43. The zero-order valence-electron chi connectivity index (χ0n) is 4.05. The molecule has 2 N–H and O–H groups in total. The van der Waals surface area contributed by atoms with E-state index in [2.05, 4.69) is 5.48 Å². The maximum atomic E-state index is 8.77. The van der Waals surface area contributed by atoms with Crippen molar-refractivity contribution in [2.75, 3.05) is 13.2 Å². The highest BCUT2D eigenvalue weighted by Gasteiger charge is 2.07. The Hall–Kier alpha value is -0.120. The van der Waals surface area contributed by atoms with E-state index in [1.54, 1.807) is 0 Å². The molecule has 0 amide bonds. The lowest BCUT2D eigenvalue weighted by molar-refractivity contribution is -0.0413. The van der Waals surface area contributed by atoms with Crippen LogP contribution in [0.25, 0.3) is 0 Å². The Kier molecular flexibility index (Phi) is 1.62. The minimum atomic E-state index is -0.200. The largest absolute Gasteiger partial charge is 0.392 e. The number of nitrogens with one attached hydrogen (secondary N) is 1. The van der Waals surface area contributed by atoms with E-state index < -0.39 is 0 Å². The summed E-state index contributed by atoms with van der Waals surface area (Å²) in [6.07, 6.45) is 0.557. The molecule has 0 aromatic heterocycles. The van der Waals surface area contributed by atoms with E-state index in [-0.39, 0.29) is 6.10 Å². The first kappa shape index (κ1) is 5.03. The van der Waals surface area contributed by atoms with Crippen molar-refractivity contribution in [3.63, 3.8) is 0 Å². The molecule has 0 bridgehead atoms. The third-order valence-electron chi connectivity index (χ3n) is 0.974. The Morgan fingerprint density at radius 1 is 1.71 bits per heavy atom. The predicted octanol–water partition coefficient (Wildman–Crippen LogP) is -0.728. The van der Waals surface area contributed by atoms with Gasteiger partial charge in [-0.05, 0) is 6.42 Å². The van der Waals surface area contributed by atoms with Crippen molar-refractivity contribution in [1.82, 2.24) is 5.48 Å². The number of aliphatic hydroxyl groups is 1. The summed E-state index contributed by atoms with van der Waals surface area (Å²) in [5.74, 6) is 0. The molecule has 7 heavy (non-hydrogen) atoms.